The standard InChI is InChI=1S/C80H88N8O24.Zn/c1-73(2)97-49-41(93-69-57(53(49)101-73)105-77(9,10)109-69)29-89-37-25-17-21-33-45(37)65-81-61(33)86-66-47-35(23-19-27-39(47)91-31-43-51-55(103-75(5,6)99-51)59-71(95-43)111-79(13,14)107-59)63(83-66)88-68-48-36(24-20-28-40(48)92-32-44-52-56(104-76(7,8)100-52)60-72(96-44)112-80(15,16)108-60)64(84-68)87-67-46-34(62(82-67)85-65)22-18-26-38(46)90-30-42-50-54(102-74(3,4)98-50)58-70(94-42)110-78(11,12)106-58;/h17-28,41-44,49-60,69-72H,29-32H2,1-16H3;/q-2;+2/t41-,42-,43-,44-,49+,50+,51+,52+,53+,54+,55+,56+,57-,58-,59-,60-,69-,70-,71-,72-;/m1./s1. The zero-order chi connectivity index (χ0) is 77.0. The van der Waals surface area contributed by atoms with E-state index in [1.165, 1.54) is 0 Å². The van der Waals surface area contributed by atoms with Crippen LogP contribution in [0.5, 0.6) is 23.0 Å². The third-order valence-electron chi connectivity index (χ3n) is 22.3. The van der Waals surface area contributed by atoms with Crippen LogP contribution in [0.3, 0.4) is 0 Å². The Bertz CT molecular complexity index is 4860. The topological polar surface area (TPSA) is 327 Å². The van der Waals surface area contributed by atoms with Crippen LogP contribution >= 0.6 is 0 Å². The molecule has 0 spiro atoms. The molecule has 0 saturated carbocycles. The Morgan fingerprint density at radius 3 is 0.832 bits per heavy atom. The van der Waals surface area contributed by atoms with Gasteiger partial charge in [0.1, 0.15) is 147 Å². The summed E-state index contributed by atoms with van der Waals surface area (Å²) in [4.78, 5) is 43.3. The average molecular weight is 1610 g/mol. The average Bonchev–Trinajstić information content (AvgIpc) is 1.60. The van der Waals surface area contributed by atoms with E-state index in [2.05, 4.69) is 0 Å². The summed E-state index contributed by atoms with van der Waals surface area (Å²) in [6.07, 6.45) is -12.8. The molecule has 12 saturated heterocycles. The van der Waals surface area contributed by atoms with Gasteiger partial charge in [-0.1, -0.05) is 48.5 Å². The monoisotopic (exact) mass is 1610 g/mol. The van der Waals surface area contributed by atoms with E-state index < -0.39 is 169 Å². The molecule has 0 aliphatic carbocycles. The molecule has 32 nitrogen and oxygen atoms in total. The van der Waals surface area contributed by atoms with Crippen LogP contribution in [-0.2, 0) is 114 Å². The second-order valence-corrected chi connectivity index (χ2v) is 34.3. The van der Waals surface area contributed by atoms with E-state index in [1.54, 1.807) is 0 Å². The number of ether oxygens (including phenoxy) is 24. The van der Waals surface area contributed by atoms with Gasteiger partial charge in [0.05, 0.1) is 34.4 Å². The maximum Gasteiger partial charge on any atom is 2.00 e. The molecule has 3 aromatic heterocycles. The second-order valence-electron chi connectivity index (χ2n) is 34.3. The third-order valence-corrected chi connectivity index (χ3v) is 22.3. The molecule has 20 atom stereocenters. The minimum atomic E-state index is -0.972. The normalized spacial score (nSPS) is 35.9. The molecule has 0 radical (unpaired) electrons. The van der Waals surface area contributed by atoms with Gasteiger partial charge in [-0.2, -0.15) is 0 Å². The van der Waals surface area contributed by atoms with Gasteiger partial charge in [-0.05, 0) is 146 Å². The van der Waals surface area contributed by atoms with Gasteiger partial charge in [0.25, 0.3) is 0 Å². The molecule has 8 bridgehead atoms. The first-order valence-corrected chi connectivity index (χ1v) is 38.4. The Hall–Kier alpha value is -6.74. The molecule has 0 amide bonds. The molecular weight excluding hydrogens is 1520 g/mol. The van der Waals surface area contributed by atoms with Gasteiger partial charge in [0, 0.05) is 44.5 Å². The van der Waals surface area contributed by atoms with Crippen LogP contribution in [0.2, 0.25) is 0 Å². The van der Waals surface area contributed by atoms with E-state index >= 15 is 0 Å². The van der Waals surface area contributed by atoms with Crippen molar-refractivity contribution in [3.8, 4) is 68.5 Å². The van der Waals surface area contributed by atoms with Gasteiger partial charge in [-0.15, -0.1) is 0 Å². The fraction of sp³-hybridized carbons (Fsp3) is 0.600. The minimum Gasteiger partial charge on any atom is -0.490 e. The summed E-state index contributed by atoms with van der Waals surface area (Å²) in [6, 6.07) is 22.4. The van der Waals surface area contributed by atoms with Crippen molar-refractivity contribution in [2.24, 2.45) is 0 Å². The van der Waals surface area contributed by atoms with Crippen molar-refractivity contribution in [2.45, 2.75) is 280 Å². The molecular formula is C80H88N8O24Zn. The van der Waals surface area contributed by atoms with Gasteiger partial charge in [-0.25, -0.2) is 9.97 Å². The van der Waals surface area contributed by atoms with Crippen molar-refractivity contribution in [3.63, 3.8) is 0 Å². The fourth-order valence-corrected chi connectivity index (χ4v) is 18.2. The van der Waals surface area contributed by atoms with E-state index in [4.69, 9.17) is 154 Å². The first kappa shape index (κ1) is 75.0. The molecule has 14 aliphatic heterocycles. The Morgan fingerprint density at radius 1 is 0.274 bits per heavy atom. The molecule has 0 N–H and O–H groups in total. The van der Waals surface area contributed by atoms with Crippen LogP contribution < -0.4 is 28.9 Å². The number of hydrogen-bond donors (Lipinski definition) is 0. The number of nitrogens with zero attached hydrogens (tertiary/aromatic N) is 8. The molecule has 0 unspecified atom stereocenters. The fourth-order valence-electron chi connectivity index (χ4n) is 18.2. The zero-order valence-electron chi connectivity index (χ0n) is 65.4. The molecule has 113 heavy (non-hydrogen) atoms. The summed E-state index contributed by atoms with van der Waals surface area (Å²) >= 11 is 0. The molecule has 14 aliphatic rings. The number of aromatic nitrogens is 8. The van der Waals surface area contributed by atoms with Crippen LogP contribution in [-0.4, -0.2) is 225 Å². The predicted octanol–water partition coefficient (Wildman–Crippen LogP) is 9.23. The quantitative estimate of drug-likeness (QED) is 0.103. The van der Waals surface area contributed by atoms with Crippen LogP contribution in [0.4, 0.5) is 0 Å². The van der Waals surface area contributed by atoms with Crippen molar-refractivity contribution < 1.29 is 133 Å². The van der Waals surface area contributed by atoms with Crippen molar-refractivity contribution in [1.29, 1.82) is 0 Å². The summed E-state index contributed by atoms with van der Waals surface area (Å²) in [6.45, 7) is 29.5. The van der Waals surface area contributed by atoms with E-state index in [1.807, 2.05) is 184 Å². The molecule has 33 heteroatoms. The Morgan fingerprint density at radius 2 is 0.522 bits per heavy atom. The molecule has 594 valence electrons. The number of rotatable bonds is 12. The van der Waals surface area contributed by atoms with Crippen LogP contribution in [0.1, 0.15) is 111 Å². The zero-order valence-corrected chi connectivity index (χ0v) is 68.4. The number of hydrogen-bond acceptors (Lipinski definition) is 30. The third kappa shape index (κ3) is 13.1. The first-order valence-electron chi connectivity index (χ1n) is 38.4. The molecule has 4 aromatic carbocycles. The van der Waals surface area contributed by atoms with E-state index in [0.717, 1.165) is 0 Å². The van der Waals surface area contributed by atoms with Crippen LogP contribution in [0, 0.1) is 0 Å². The van der Waals surface area contributed by atoms with E-state index in [-0.39, 0.29) is 91.8 Å². The van der Waals surface area contributed by atoms with Crippen LogP contribution in [0.15, 0.2) is 72.8 Å². The summed E-state index contributed by atoms with van der Waals surface area (Å²) in [5.41, 5.74) is 2.84. The molecule has 21 rings (SSSR count). The maximum atomic E-state index is 7.00. The van der Waals surface area contributed by atoms with Crippen molar-refractivity contribution in [3.05, 3.63) is 72.8 Å². The molecule has 17 heterocycles. The van der Waals surface area contributed by atoms with Gasteiger partial charge in [0.2, 0.25) is 0 Å². The van der Waals surface area contributed by atoms with Gasteiger partial charge in [-0.3, -0.25) is 0 Å². The Labute approximate surface area is 661 Å². The summed E-state index contributed by atoms with van der Waals surface area (Å²) in [5.74, 6) is -5.36. The largest absolute Gasteiger partial charge is 2.00 e. The summed E-state index contributed by atoms with van der Waals surface area (Å²) in [7, 11) is 0. The van der Waals surface area contributed by atoms with E-state index in [0.29, 0.717) is 66.8 Å². The van der Waals surface area contributed by atoms with Gasteiger partial charge < -0.3 is 144 Å². The summed E-state index contributed by atoms with van der Waals surface area (Å²) in [5, 5.41) is 2.04. The van der Waals surface area contributed by atoms with Crippen LogP contribution in [0.25, 0.3) is 89.7 Å². The minimum absolute atomic E-state index is 0. The summed E-state index contributed by atoms with van der Waals surface area (Å²) < 4.78 is 158. The van der Waals surface area contributed by atoms with Crippen molar-refractivity contribution in [2.75, 3.05) is 26.4 Å². The first-order chi connectivity index (χ1) is 53.2. The van der Waals surface area contributed by atoms with Gasteiger partial charge >= 0.3 is 19.5 Å². The Balaban J connectivity index is 0.00000830. The number of fused-ring (bicyclic) bond motifs is 32. The SMILES string of the molecule is CC1(C)O[C@H]2[C@@H](O1)[C@@H](COc1cccc3c1-c1nc-3nc3[n-]c(nc4nc(nc5[n-]c(n1)c1cccc(OC[C@H]6O[C@@H]7OC(C)(C)O[C@@H]7[C@H]7OC(C)(C)O[C@H]76)c51)-c1cccc(OC[C@H]5O[C@@H]6OC(C)(C)O[C@@H]6[C@H]6OC(C)(C)O[C@H]65)c1-4)c1cccc(OC[C@H]4O[C@@H]5OC(C)(C)O[C@@H]5[C@H]5OC(C)(C)O[C@H]54)c31)O[C@@H]1OC(C)(C)O[C@@H]12.[Zn+2]. The maximum absolute atomic E-state index is 7.00. The van der Waals surface area contributed by atoms with Crippen molar-refractivity contribution in [1.82, 2.24) is 39.9 Å². The van der Waals surface area contributed by atoms with E-state index in [9.17, 15) is 0 Å². The Kier molecular flexibility index (Phi) is 17.4. The second kappa shape index (κ2) is 26.1. The predicted molar refractivity (Wildman–Crippen MR) is 386 cm³/mol. The van der Waals surface area contributed by atoms with Crippen molar-refractivity contribution >= 4 is 44.1 Å². The smallest absolute Gasteiger partial charge is 0.490 e. The molecule has 7 aromatic rings. The van der Waals surface area contributed by atoms with Gasteiger partial charge in [0.15, 0.2) is 71.5 Å². The number of benzene rings is 4. The molecule has 12 fully saturated rings.